The van der Waals surface area contributed by atoms with Crippen molar-refractivity contribution in [2.75, 3.05) is 26.7 Å². The van der Waals surface area contributed by atoms with Crippen LogP contribution in [0, 0.1) is 0 Å². The van der Waals surface area contributed by atoms with Crippen molar-refractivity contribution in [3.8, 4) is 0 Å². The van der Waals surface area contributed by atoms with Crippen LogP contribution in [0.15, 0.2) is 59.5 Å². The van der Waals surface area contributed by atoms with E-state index in [1.54, 1.807) is 21.0 Å². The first kappa shape index (κ1) is 23.1. The van der Waals surface area contributed by atoms with Crippen LogP contribution in [-0.2, 0) is 20.4 Å². The zero-order valence-electron chi connectivity index (χ0n) is 17.5. The Morgan fingerprint density at radius 2 is 1.59 bits per heavy atom. The second-order valence-electron chi connectivity index (χ2n) is 6.71. The molecule has 0 radical (unpaired) electrons. The Hall–Kier alpha value is -2.22. The molecule has 0 bridgehead atoms. The lowest BCUT2D eigenvalue weighted by molar-refractivity contribution is -0.0164. The van der Waals surface area contributed by atoms with Gasteiger partial charge in [0.25, 0.3) is 5.91 Å². The number of nitrogens with zero attached hydrogens (tertiary/aromatic N) is 1. The smallest absolute Gasteiger partial charge is 0.251 e. The van der Waals surface area contributed by atoms with Crippen LogP contribution in [-0.4, -0.2) is 45.4 Å². The molecule has 0 aliphatic rings. The van der Waals surface area contributed by atoms with E-state index < -0.39 is 15.6 Å². The molecule has 1 N–H and O–H groups in total. The number of nitrogens with one attached hydrogen (secondary N) is 1. The number of rotatable bonds is 10. The molecule has 0 fully saturated rings. The molecule has 0 aliphatic heterocycles. The van der Waals surface area contributed by atoms with Crippen LogP contribution in [0.4, 0.5) is 0 Å². The summed E-state index contributed by atoms with van der Waals surface area (Å²) in [6.07, 6.45) is 0.689. The van der Waals surface area contributed by atoms with Crippen molar-refractivity contribution >= 4 is 15.9 Å². The van der Waals surface area contributed by atoms with E-state index in [2.05, 4.69) is 5.32 Å². The Bertz CT molecular complexity index is 888. The summed E-state index contributed by atoms with van der Waals surface area (Å²) in [5.41, 5.74) is 0.770. The van der Waals surface area contributed by atoms with Crippen LogP contribution < -0.4 is 5.32 Å². The van der Waals surface area contributed by atoms with Gasteiger partial charge in [-0.25, -0.2) is 8.42 Å². The van der Waals surface area contributed by atoms with E-state index >= 15 is 0 Å². The number of hydrogen-bond donors (Lipinski definition) is 1. The van der Waals surface area contributed by atoms with Gasteiger partial charge in [0, 0.05) is 25.8 Å². The third-order valence-corrected chi connectivity index (χ3v) is 7.32. The van der Waals surface area contributed by atoms with Crippen molar-refractivity contribution in [3.63, 3.8) is 0 Å². The average molecular weight is 419 g/mol. The fourth-order valence-electron chi connectivity index (χ4n) is 3.32. The molecule has 0 saturated carbocycles. The number of carbonyl (C=O) groups is 1. The summed E-state index contributed by atoms with van der Waals surface area (Å²) >= 11 is 0. The maximum atomic E-state index is 12.6. The van der Waals surface area contributed by atoms with Crippen molar-refractivity contribution < 1.29 is 17.9 Å². The largest absolute Gasteiger partial charge is 0.372 e. The van der Waals surface area contributed by atoms with Crippen molar-refractivity contribution in [1.82, 2.24) is 9.62 Å². The number of sulfonamides is 1. The van der Waals surface area contributed by atoms with E-state index in [9.17, 15) is 13.2 Å². The summed E-state index contributed by atoms with van der Waals surface area (Å²) in [4.78, 5) is 12.8. The van der Waals surface area contributed by atoms with Gasteiger partial charge in [-0.05, 0) is 36.2 Å². The third kappa shape index (κ3) is 5.04. The first-order chi connectivity index (χ1) is 13.8. The summed E-state index contributed by atoms with van der Waals surface area (Å²) in [5.74, 6) is -0.275. The van der Waals surface area contributed by atoms with Crippen LogP contribution in [0.1, 0.15) is 43.1 Å². The Labute approximate surface area is 173 Å². The zero-order valence-corrected chi connectivity index (χ0v) is 18.3. The Morgan fingerprint density at radius 3 is 2.07 bits per heavy atom. The minimum atomic E-state index is -3.54. The Kier molecular flexibility index (Phi) is 7.96. The SMILES string of the molecule is CCN(CC)S(=O)(=O)c1ccc(C(=O)NCC(CC)(OC)c2ccccc2)cc1. The first-order valence-electron chi connectivity index (χ1n) is 9.83. The molecule has 2 aromatic carbocycles. The van der Waals surface area contributed by atoms with Gasteiger partial charge >= 0.3 is 0 Å². The second-order valence-corrected chi connectivity index (χ2v) is 8.65. The Morgan fingerprint density at radius 1 is 1.00 bits per heavy atom. The monoisotopic (exact) mass is 418 g/mol. The predicted octanol–water partition coefficient (Wildman–Crippen LogP) is 3.40. The quantitative estimate of drug-likeness (QED) is 0.642. The highest BCUT2D eigenvalue weighted by molar-refractivity contribution is 7.89. The van der Waals surface area contributed by atoms with Gasteiger partial charge in [0.15, 0.2) is 0 Å². The standard InChI is InChI=1S/C22H30N2O4S/c1-5-22(28-4,19-11-9-8-10-12-19)17-23-21(25)18-13-15-20(16-14-18)29(26,27)24(6-2)7-3/h8-16H,5-7,17H2,1-4H3,(H,23,25). The van der Waals surface area contributed by atoms with Gasteiger partial charge in [0.1, 0.15) is 5.60 Å². The maximum Gasteiger partial charge on any atom is 0.251 e. The molecule has 0 heterocycles. The van der Waals surface area contributed by atoms with Gasteiger partial charge < -0.3 is 10.1 Å². The van der Waals surface area contributed by atoms with Crippen LogP contribution in [0.2, 0.25) is 0 Å². The average Bonchev–Trinajstić information content (AvgIpc) is 2.76. The lowest BCUT2D eigenvalue weighted by Gasteiger charge is -2.32. The fourth-order valence-corrected chi connectivity index (χ4v) is 4.78. The molecule has 2 aromatic rings. The predicted molar refractivity (Wildman–Crippen MR) is 114 cm³/mol. The number of benzene rings is 2. The van der Waals surface area contributed by atoms with Gasteiger partial charge in [0.2, 0.25) is 10.0 Å². The molecule has 29 heavy (non-hydrogen) atoms. The maximum absolute atomic E-state index is 12.6. The minimum absolute atomic E-state index is 0.182. The fraction of sp³-hybridized carbons (Fsp3) is 0.409. The molecule has 6 nitrogen and oxygen atoms in total. The molecule has 1 unspecified atom stereocenters. The van der Waals surface area contributed by atoms with Crippen LogP contribution in [0.5, 0.6) is 0 Å². The lowest BCUT2D eigenvalue weighted by Crippen LogP contribution is -2.42. The van der Waals surface area contributed by atoms with Crippen molar-refractivity contribution in [3.05, 3.63) is 65.7 Å². The van der Waals surface area contributed by atoms with E-state index in [4.69, 9.17) is 4.74 Å². The summed E-state index contributed by atoms with van der Waals surface area (Å²) in [6, 6.07) is 15.8. The molecule has 0 aliphatic carbocycles. The van der Waals surface area contributed by atoms with Crippen molar-refractivity contribution in [2.24, 2.45) is 0 Å². The van der Waals surface area contributed by atoms with Crippen LogP contribution in [0.3, 0.4) is 0 Å². The molecule has 2 rings (SSSR count). The summed E-state index contributed by atoms with van der Waals surface area (Å²) in [7, 11) is -1.91. The number of amides is 1. The number of carbonyl (C=O) groups excluding carboxylic acids is 1. The first-order valence-corrected chi connectivity index (χ1v) is 11.3. The molecule has 1 atom stereocenters. The normalized spacial score (nSPS) is 13.8. The highest BCUT2D eigenvalue weighted by Crippen LogP contribution is 2.28. The number of hydrogen-bond acceptors (Lipinski definition) is 4. The highest BCUT2D eigenvalue weighted by Gasteiger charge is 2.30. The zero-order chi connectivity index (χ0) is 21.5. The van der Waals surface area contributed by atoms with Gasteiger partial charge in [0.05, 0.1) is 11.4 Å². The molecular formula is C22H30N2O4S. The molecule has 158 valence electrons. The van der Waals surface area contributed by atoms with Crippen LogP contribution >= 0.6 is 0 Å². The van der Waals surface area contributed by atoms with E-state index in [0.29, 0.717) is 31.6 Å². The Balaban J connectivity index is 2.15. The summed E-state index contributed by atoms with van der Waals surface area (Å²) in [6.45, 7) is 6.71. The molecule has 0 aromatic heterocycles. The third-order valence-electron chi connectivity index (χ3n) is 5.26. The lowest BCUT2D eigenvalue weighted by atomic mass is 9.90. The van der Waals surface area contributed by atoms with Crippen molar-refractivity contribution in [2.45, 2.75) is 37.7 Å². The van der Waals surface area contributed by atoms with Crippen molar-refractivity contribution in [1.29, 1.82) is 0 Å². The minimum Gasteiger partial charge on any atom is -0.372 e. The van der Waals surface area contributed by atoms with E-state index in [1.807, 2.05) is 37.3 Å². The molecule has 0 saturated heterocycles. The molecule has 1 amide bonds. The van der Waals surface area contributed by atoms with E-state index in [1.165, 1.54) is 28.6 Å². The van der Waals surface area contributed by atoms with E-state index in [0.717, 1.165) is 5.56 Å². The van der Waals surface area contributed by atoms with E-state index in [-0.39, 0.29) is 10.8 Å². The highest BCUT2D eigenvalue weighted by atomic mass is 32.2. The number of methoxy groups -OCH3 is 1. The van der Waals surface area contributed by atoms with Gasteiger partial charge in [-0.3, -0.25) is 4.79 Å². The summed E-state index contributed by atoms with van der Waals surface area (Å²) in [5, 5.41) is 2.92. The molecule has 7 heteroatoms. The van der Waals surface area contributed by atoms with Gasteiger partial charge in [-0.2, -0.15) is 4.31 Å². The van der Waals surface area contributed by atoms with Crippen LogP contribution in [0.25, 0.3) is 0 Å². The molecule has 0 spiro atoms. The topological polar surface area (TPSA) is 75.7 Å². The summed E-state index contributed by atoms with van der Waals surface area (Å²) < 4.78 is 32.3. The van der Waals surface area contributed by atoms with Gasteiger partial charge in [-0.15, -0.1) is 0 Å². The second kappa shape index (κ2) is 10.0. The molecular weight excluding hydrogens is 388 g/mol. The van der Waals surface area contributed by atoms with Gasteiger partial charge in [-0.1, -0.05) is 51.1 Å². The number of ether oxygens (including phenoxy) is 1.